The molecular weight excluding hydrogens is 399 g/mol. The van der Waals surface area contributed by atoms with Crippen molar-refractivity contribution < 1.29 is 4.39 Å². The van der Waals surface area contributed by atoms with Crippen LogP contribution in [0.3, 0.4) is 0 Å². The summed E-state index contributed by atoms with van der Waals surface area (Å²) in [6.45, 7) is 3.88. The zero-order chi connectivity index (χ0) is 18.4. The van der Waals surface area contributed by atoms with E-state index >= 15 is 0 Å². The molecule has 3 rings (SSSR count). The molecule has 0 aliphatic heterocycles. The number of hydrogen-bond donors (Lipinski definition) is 2. The summed E-state index contributed by atoms with van der Waals surface area (Å²) in [5.41, 5.74) is 1.85. The number of fused-ring (bicyclic) bond motifs is 1. The normalized spacial score (nSPS) is 11.7. The van der Waals surface area contributed by atoms with E-state index in [4.69, 9.17) is 0 Å². The molecule has 0 saturated heterocycles. The Morgan fingerprint density at radius 1 is 1.23 bits per heavy atom. The summed E-state index contributed by atoms with van der Waals surface area (Å²) in [5, 5.41) is 14.8. The highest BCUT2D eigenvalue weighted by Crippen LogP contribution is 2.16. The van der Waals surface area contributed by atoms with Gasteiger partial charge in [0.15, 0.2) is 17.4 Å². The summed E-state index contributed by atoms with van der Waals surface area (Å²) >= 11 is 3.21. The SMILES string of the molecule is CCNC(=NCc1nnc2ccccn12)NCCc1ccc(F)c(Br)c1. The predicted octanol–water partition coefficient (Wildman–Crippen LogP) is 2.93. The van der Waals surface area contributed by atoms with Crippen LogP contribution in [-0.4, -0.2) is 33.6 Å². The molecule has 3 aromatic rings. The maximum absolute atomic E-state index is 13.3. The molecule has 26 heavy (non-hydrogen) atoms. The van der Waals surface area contributed by atoms with E-state index in [1.807, 2.05) is 35.7 Å². The second-order valence-corrected chi connectivity index (χ2v) is 6.52. The van der Waals surface area contributed by atoms with Crippen molar-refractivity contribution in [1.29, 1.82) is 0 Å². The van der Waals surface area contributed by atoms with Crippen molar-refractivity contribution in [1.82, 2.24) is 25.2 Å². The van der Waals surface area contributed by atoms with E-state index in [0.717, 1.165) is 30.0 Å². The number of hydrogen-bond acceptors (Lipinski definition) is 3. The number of halogens is 2. The highest BCUT2D eigenvalue weighted by Gasteiger charge is 2.05. The van der Waals surface area contributed by atoms with E-state index < -0.39 is 0 Å². The number of benzene rings is 1. The average Bonchev–Trinajstić information content (AvgIpc) is 3.06. The van der Waals surface area contributed by atoms with Crippen molar-refractivity contribution in [3.8, 4) is 0 Å². The largest absolute Gasteiger partial charge is 0.357 e. The van der Waals surface area contributed by atoms with Crippen LogP contribution < -0.4 is 10.6 Å². The molecule has 0 amide bonds. The lowest BCUT2D eigenvalue weighted by atomic mass is 10.1. The molecule has 0 aliphatic carbocycles. The van der Waals surface area contributed by atoms with E-state index in [1.54, 1.807) is 12.1 Å². The molecule has 0 saturated carbocycles. The van der Waals surface area contributed by atoms with Gasteiger partial charge >= 0.3 is 0 Å². The van der Waals surface area contributed by atoms with Crippen LogP contribution in [0.15, 0.2) is 52.1 Å². The summed E-state index contributed by atoms with van der Waals surface area (Å²) in [4.78, 5) is 4.57. The lowest BCUT2D eigenvalue weighted by molar-refractivity contribution is 0.620. The Morgan fingerprint density at radius 2 is 2.12 bits per heavy atom. The number of nitrogens with zero attached hydrogens (tertiary/aromatic N) is 4. The molecule has 2 N–H and O–H groups in total. The summed E-state index contributed by atoms with van der Waals surface area (Å²) in [7, 11) is 0. The molecule has 1 aromatic carbocycles. The van der Waals surface area contributed by atoms with E-state index in [1.165, 1.54) is 6.07 Å². The monoisotopic (exact) mass is 418 g/mol. The first kappa shape index (κ1) is 18.3. The fourth-order valence-electron chi connectivity index (χ4n) is 2.51. The Hall–Kier alpha value is -2.48. The molecule has 0 atom stereocenters. The third kappa shape index (κ3) is 4.57. The third-order valence-corrected chi connectivity index (χ3v) is 4.40. The van der Waals surface area contributed by atoms with Crippen LogP contribution in [0.2, 0.25) is 0 Å². The highest BCUT2D eigenvalue weighted by molar-refractivity contribution is 9.10. The Morgan fingerprint density at radius 3 is 2.92 bits per heavy atom. The van der Waals surface area contributed by atoms with Crippen LogP contribution >= 0.6 is 15.9 Å². The number of aromatic nitrogens is 3. The molecule has 0 fully saturated rings. The molecule has 2 aromatic heterocycles. The number of nitrogens with one attached hydrogen (secondary N) is 2. The first-order valence-electron chi connectivity index (χ1n) is 8.42. The van der Waals surface area contributed by atoms with Gasteiger partial charge in [0.25, 0.3) is 0 Å². The molecule has 0 radical (unpaired) electrons. The van der Waals surface area contributed by atoms with E-state index in [-0.39, 0.29) is 5.82 Å². The molecular formula is C18H20BrFN6. The van der Waals surface area contributed by atoms with Gasteiger partial charge in [0.05, 0.1) is 4.47 Å². The third-order valence-electron chi connectivity index (χ3n) is 3.80. The van der Waals surface area contributed by atoms with E-state index in [2.05, 4.69) is 41.8 Å². The van der Waals surface area contributed by atoms with E-state index in [9.17, 15) is 4.39 Å². The molecule has 136 valence electrons. The molecule has 2 heterocycles. The van der Waals surface area contributed by atoms with Gasteiger partial charge in [0.2, 0.25) is 0 Å². The number of guanidine groups is 1. The van der Waals surface area contributed by atoms with Gasteiger partial charge < -0.3 is 10.6 Å². The number of pyridine rings is 1. The quantitative estimate of drug-likeness (QED) is 0.477. The number of aliphatic imine (C=N–C) groups is 1. The minimum absolute atomic E-state index is 0.253. The zero-order valence-corrected chi connectivity index (χ0v) is 16.0. The molecule has 6 nitrogen and oxygen atoms in total. The number of rotatable bonds is 6. The minimum Gasteiger partial charge on any atom is -0.357 e. The first-order valence-corrected chi connectivity index (χ1v) is 9.21. The predicted molar refractivity (Wildman–Crippen MR) is 104 cm³/mol. The van der Waals surface area contributed by atoms with Gasteiger partial charge in [-0.25, -0.2) is 9.38 Å². The van der Waals surface area contributed by atoms with Crippen LogP contribution in [0, 0.1) is 5.82 Å². The standard InChI is InChI=1S/C18H20BrFN6/c1-2-21-18(22-9-8-13-6-7-15(20)14(19)11-13)23-12-17-25-24-16-5-3-4-10-26(16)17/h3-7,10-11H,2,8-9,12H2,1H3,(H2,21,22,23). The Bertz CT molecular complexity index is 908. The van der Waals surface area contributed by atoms with Gasteiger partial charge in [-0.2, -0.15) is 0 Å². The highest BCUT2D eigenvalue weighted by atomic mass is 79.9. The van der Waals surface area contributed by atoms with Crippen LogP contribution in [-0.2, 0) is 13.0 Å². The maximum Gasteiger partial charge on any atom is 0.191 e. The van der Waals surface area contributed by atoms with Crippen LogP contribution in [0.1, 0.15) is 18.3 Å². The Balaban J connectivity index is 1.61. The van der Waals surface area contributed by atoms with Crippen LogP contribution in [0.5, 0.6) is 0 Å². The summed E-state index contributed by atoms with van der Waals surface area (Å²) < 4.78 is 15.7. The van der Waals surface area contributed by atoms with E-state index in [0.29, 0.717) is 23.5 Å². The second kappa shape index (κ2) is 8.75. The van der Waals surface area contributed by atoms with Crippen molar-refractivity contribution in [2.75, 3.05) is 13.1 Å². The van der Waals surface area contributed by atoms with Crippen molar-refractivity contribution >= 4 is 27.5 Å². The lowest BCUT2D eigenvalue weighted by Crippen LogP contribution is -2.38. The van der Waals surface area contributed by atoms with Crippen molar-refractivity contribution in [2.45, 2.75) is 19.9 Å². The molecule has 0 aliphatic rings. The van der Waals surface area contributed by atoms with Gasteiger partial charge in [0.1, 0.15) is 12.4 Å². The molecule has 0 spiro atoms. The van der Waals surface area contributed by atoms with Gasteiger partial charge in [-0.3, -0.25) is 4.40 Å². The molecule has 0 bridgehead atoms. The van der Waals surface area contributed by atoms with Gasteiger partial charge in [-0.05, 0) is 59.1 Å². The smallest absolute Gasteiger partial charge is 0.191 e. The summed E-state index contributed by atoms with van der Waals surface area (Å²) in [5.74, 6) is 1.23. The molecule has 0 unspecified atom stereocenters. The topological polar surface area (TPSA) is 66.6 Å². The minimum atomic E-state index is -0.253. The van der Waals surface area contributed by atoms with Gasteiger partial charge in [-0.1, -0.05) is 12.1 Å². The maximum atomic E-state index is 13.3. The fourth-order valence-corrected chi connectivity index (χ4v) is 2.94. The molecule has 8 heteroatoms. The van der Waals surface area contributed by atoms with Crippen LogP contribution in [0.25, 0.3) is 5.65 Å². The Labute approximate surface area is 159 Å². The second-order valence-electron chi connectivity index (χ2n) is 5.67. The Kier molecular flexibility index (Phi) is 6.17. The first-order chi connectivity index (χ1) is 12.7. The van der Waals surface area contributed by atoms with Crippen molar-refractivity contribution in [3.05, 3.63) is 64.3 Å². The lowest BCUT2D eigenvalue weighted by Gasteiger charge is -2.11. The van der Waals surface area contributed by atoms with Crippen LogP contribution in [0.4, 0.5) is 4.39 Å². The van der Waals surface area contributed by atoms with Crippen molar-refractivity contribution in [2.24, 2.45) is 4.99 Å². The van der Waals surface area contributed by atoms with Gasteiger partial charge in [-0.15, -0.1) is 10.2 Å². The average molecular weight is 419 g/mol. The van der Waals surface area contributed by atoms with Crippen molar-refractivity contribution in [3.63, 3.8) is 0 Å². The fraction of sp³-hybridized carbons (Fsp3) is 0.278. The van der Waals surface area contributed by atoms with Gasteiger partial charge in [0, 0.05) is 19.3 Å². The summed E-state index contributed by atoms with van der Waals surface area (Å²) in [6, 6.07) is 10.8. The zero-order valence-electron chi connectivity index (χ0n) is 14.4. The summed E-state index contributed by atoms with van der Waals surface area (Å²) in [6.07, 6.45) is 2.68.